The van der Waals surface area contributed by atoms with Gasteiger partial charge in [0.25, 0.3) is 0 Å². The molecule has 0 saturated heterocycles. The van der Waals surface area contributed by atoms with Gasteiger partial charge < -0.3 is 19.5 Å². The molecule has 0 unspecified atom stereocenters. The lowest BCUT2D eigenvalue weighted by Gasteiger charge is -2.19. The first-order valence-electron chi connectivity index (χ1n) is 9.38. The zero-order valence-electron chi connectivity index (χ0n) is 16.0. The van der Waals surface area contributed by atoms with Gasteiger partial charge in [-0.15, -0.1) is 0 Å². The van der Waals surface area contributed by atoms with Crippen molar-refractivity contribution in [1.29, 1.82) is 0 Å². The summed E-state index contributed by atoms with van der Waals surface area (Å²) in [6.45, 7) is 4.12. The second-order valence-electron chi connectivity index (χ2n) is 6.86. The molecule has 29 heavy (non-hydrogen) atoms. The van der Waals surface area contributed by atoms with E-state index in [-0.39, 0.29) is 0 Å². The van der Waals surface area contributed by atoms with Crippen LogP contribution < -0.4 is 19.5 Å². The number of hydrogen-bond donors (Lipinski definition) is 1. The van der Waals surface area contributed by atoms with Gasteiger partial charge in [0.05, 0.1) is 5.02 Å². The van der Waals surface area contributed by atoms with Gasteiger partial charge in [0.15, 0.2) is 11.5 Å². The first kappa shape index (κ1) is 19.7. The van der Waals surface area contributed by atoms with Gasteiger partial charge in [-0.3, -0.25) is 0 Å². The van der Waals surface area contributed by atoms with Crippen LogP contribution in [-0.2, 0) is 13.2 Å². The van der Waals surface area contributed by atoms with Gasteiger partial charge in [0.2, 0.25) is 0 Å². The molecule has 1 N–H and O–H groups in total. The van der Waals surface area contributed by atoms with Gasteiger partial charge in [0.1, 0.15) is 25.6 Å². The molecule has 1 heterocycles. The highest BCUT2D eigenvalue weighted by Crippen LogP contribution is 2.35. The van der Waals surface area contributed by atoms with Gasteiger partial charge in [0, 0.05) is 28.9 Å². The molecule has 4 nitrogen and oxygen atoms in total. The zero-order valence-corrected chi connectivity index (χ0v) is 17.5. The summed E-state index contributed by atoms with van der Waals surface area (Å²) < 4.78 is 17.3. The Labute approximate surface area is 180 Å². The van der Waals surface area contributed by atoms with Crippen LogP contribution in [0.5, 0.6) is 17.2 Å². The van der Waals surface area contributed by atoms with E-state index in [1.54, 1.807) is 6.07 Å². The Morgan fingerprint density at radius 3 is 2.48 bits per heavy atom. The number of fused-ring (bicyclic) bond motifs is 1. The summed E-state index contributed by atoms with van der Waals surface area (Å²) in [4.78, 5) is 0. The van der Waals surface area contributed by atoms with Gasteiger partial charge in [-0.1, -0.05) is 53.0 Å². The number of ether oxygens (including phenoxy) is 3. The Hall–Kier alpha value is -2.56. The third-order valence-corrected chi connectivity index (χ3v) is 5.11. The molecule has 1 aliphatic heterocycles. The second-order valence-corrected chi connectivity index (χ2v) is 7.71. The van der Waals surface area contributed by atoms with E-state index in [4.69, 9.17) is 37.4 Å². The minimum absolute atomic E-state index is 0.429. The predicted octanol–water partition coefficient (Wildman–Crippen LogP) is 6.26. The van der Waals surface area contributed by atoms with Crippen LogP contribution in [0.15, 0.2) is 54.6 Å². The molecule has 0 amide bonds. The summed E-state index contributed by atoms with van der Waals surface area (Å²) >= 11 is 12.7. The maximum absolute atomic E-state index is 6.43. The average Bonchev–Trinajstić information content (AvgIpc) is 2.72. The smallest absolute Gasteiger partial charge is 0.163 e. The van der Waals surface area contributed by atoms with Crippen LogP contribution in [0.4, 0.5) is 5.69 Å². The van der Waals surface area contributed by atoms with E-state index in [0.29, 0.717) is 42.2 Å². The largest absolute Gasteiger partial charge is 0.487 e. The van der Waals surface area contributed by atoms with Crippen molar-refractivity contribution in [2.45, 2.75) is 20.1 Å². The lowest BCUT2D eigenvalue weighted by atomic mass is 10.1. The van der Waals surface area contributed by atoms with Crippen LogP contribution in [0, 0.1) is 6.92 Å². The molecule has 0 spiro atoms. The fraction of sp³-hybridized carbons (Fsp3) is 0.217. The van der Waals surface area contributed by atoms with E-state index in [1.165, 1.54) is 5.56 Å². The van der Waals surface area contributed by atoms with E-state index in [9.17, 15) is 0 Å². The maximum Gasteiger partial charge on any atom is 0.163 e. The van der Waals surface area contributed by atoms with E-state index in [1.807, 2.05) is 36.4 Å². The van der Waals surface area contributed by atoms with Crippen LogP contribution in [-0.4, -0.2) is 13.2 Å². The van der Waals surface area contributed by atoms with Crippen LogP contribution in [0.25, 0.3) is 0 Å². The molecule has 0 radical (unpaired) electrons. The highest BCUT2D eigenvalue weighted by molar-refractivity contribution is 6.35. The number of nitrogens with one attached hydrogen (secondary N) is 1. The number of hydrogen-bond acceptors (Lipinski definition) is 4. The molecule has 4 rings (SSSR count). The van der Waals surface area contributed by atoms with E-state index >= 15 is 0 Å². The first-order valence-corrected chi connectivity index (χ1v) is 10.1. The van der Waals surface area contributed by atoms with E-state index in [0.717, 1.165) is 28.3 Å². The standard InChI is InChI=1S/C23H21Cl2NO3/c1-15-2-4-16(5-3-15)14-29-23-17(10-18(24)11-20(23)25)13-26-19-6-7-21-22(12-19)28-9-8-27-21/h2-7,10-12,26H,8-9,13-14H2,1H3. The molecule has 0 aliphatic carbocycles. The minimum Gasteiger partial charge on any atom is -0.487 e. The van der Waals surface area contributed by atoms with Crippen molar-refractivity contribution in [3.8, 4) is 17.2 Å². The summed E-state index contributed by atoms with van der Waals surface area (Å²) in [7, 11) is 0. The summed E-state index contributed by atoms with van der Waals surface area (Å²) in [6, 6.07) is 17.6. The van der Waals surface area contributed by atoms with Crippen LogP contribution in [0.1, 0.15) is 16.7 Å². The molecule has 0 bridgehead atoms. The molecule has 3 aromatic carbocycles. The SMILES string of the molecule is Cc1ccc(COc2c(Cl)cc(Cl)cc2CNc2ccc3c(c2)OCCO3)cc1. The fourth-order valence-corrected chi connectivity index (χ4v) is 3.69. The van der Waals surface area contributed by atoms with E-state index in [2.05, 4.69) is 24.4 Å². The van der Waals surface area contributed by atoms with Gasteiger partial charge in [-0.2, -0.15) is 0 Å². The van der Waals surface area contributed by atoms with Crippen molar-refractivity contribution in [2.75, 3.05) is 18.5 Å². The first-order chi connectivity index (χ1) is 14.1. The van der Waals surface area contributed by atoms with Gasteiger partial charge in [-0.05, 0) is 36.8 Å². The Balaban J connectivity index is 1.49. The number of rotatable bonds is 6. The molecular formula is C23H21Cl2NO3. The third kappa shape index (κ3) is 4.89. The molecule has 0 aromatic heterocycles. The van der Waals surface area contributed by atoms with Crippen LogP contribution in [0.3, 0.4) is 0 Å². The second kappa shape index (κ2) is 8.85. The molecule has 0 atom stereocenters. The predicted molar refractivity (Wildman–Crippen MR) is 117 cm³/mol. The number of anilines is 1. The molecule has 150 valence electrons. The van der Waals surface area contributed by atoms with Crippen LogP contribution >= 0.6 is 23.2 Å². The van der Waals surface area contributed by atoms with Crippen molar-refractivity contribution in [3.63, 3.8) is 0 Å². The number of benzene rings is 3. The van der Waals surface area contributed by atoms with Crippen molar-refractivity contribution >= 4 is 28.9 Å². The Kier molecular flexibility index (Phi) is 6.02. The fourth-order valence-electron chi connectivity index (χ4n) is 3.10. The quantitative estimate of drug-likeness (QED) is 0.501. The van der Waals surface area contributed by atoms with Crippen molar-refractivity contribution in [2.24, 2.45) is 0 Å². The van der Waals surface area contributed by atoms with Crippen molar-refractivity contribution < 1.29 is 14.2 Å². The Bertz CT molecular complexity index is 1010. The van der Waals surface area contributed by atoms with Crippen LogP contribution in [0.2, 0.25) is 10.0 Å². The molecular weight excluding hydrogens is 409 g/mol. The van der Waals surface area contributed by atoms with Gasteiger partial charge >= 0.3 is 0 Å². The summed E-state index contributed by atoms with van der Waals surface area (Å²) in [6.07, 6.45) is 0. The Morgan fingerprint density at radius 2 is 1.69 bits per heavy atom. The minimum atomic E-state index is 0.429. The zero-order chi connectivity index (χ0) is 20.2. The lowest BCUT2D eigenvalue weighted by molar-refractivity contribution is 0.171. The normalized spacial score (nSPS) is 12.5. The van der Waals surface area contributed by atoms with Crippen molar-refractivity contribution in [1.82, 2.24) is 0 Å². The number of aryl methyl sites for hydroxylation is 1. The summed E-state index contributed by atoms with van der Waals surface area (Å²) in [5, 5.41) is 4.43. The van der Waals surface area contributed by atoms with Crippen molar-refractivity contribution in [3.05, 3.63) is 81.3 Å². The third-order valence-electron chi connectivity index (χ3n) is 4.61. The molecule has 3 aromatic rings. The molecule has 6 heteroatoms. The Morgan fingerprint density at radius 1 is 0.931 bits per heavy atom. The highest BCUT2D eigenvalue weighted by atomic mass is 35.5. The van der Waals surface area contributed by atoms with Gasteiger partial charge in [-0.25, -0.2) is 0 Å². The average molecular weight is 430 g/mol. The van der Waals surface area contributed by atoms with E-state index < -0.39 is 0 Å². The molecule has 1 aliphatic rings. The molecule has 0 fully saturated rings. The maximum atomic E-state index is 6.43. The lowest BCUT2D eigenvalue weighted by Crippen LogP contribution is -2.15. The number of halogens is 2. The summed E-state index contributed by atoms with van der Waals surface area (Å²) in [5.74, 6) is 2.12. The summed E-state index contributed by atoms with van der Waals surface area (Å²) in [5.41, 5.74) is 4.08. The monoisotopic (exact) mass is 429 g/mol. The molecule has 0 saturated carbocycles. The highest BCUT2D eigenvalue weighted by Gasteiger charge is 2.14. The topological polar surface area (TPSA) is 39.7 Å².